The molecule has 0 saturated carbocycles. The predicted molar refractivity (Wildman–Crippen MR) is 70.7 cm³/mol. The maximum absolute atomic E-state index is 12.9. The Morgan fingerprint density at radius 3 is 2.89 bits per heavy atom. The van der Waals surface area contributed by atoms with Crippen LogP contribution in [0.2, 0.25) is 5.02 Å². The van der Waals surface area contributed by atoms with Crippen molar-refractivity contribution in [2.45, 2.75) is 26.3 Å². The molecule has 3 N–H and O–H groups in total. The first-order chi connectivity index (χ1) is 8.54. The van der Waals surface area contributed by atoms with Crippen LogP contribution in [0, 0.1) is 11.7 Å². The largest absolute Gasteiger partial charge is 0.352 e. The summed E-state index contributed by atoms with van der Waals surface area (Å²) < 4.78 is 12.9. The SMILES string of the molecule is CC(CCCN)C(=O)NCc1ccc(F)c(Cl)c1. The fourth-order valence-corrected chi connectivity index (χ4v) is 1.77. The quantitative estimate of drug-likeness (QED) is 0.836. The summed E-state index contributed by atoms with van der Waals surface area (Å²) in [5.74, 6) is -0.545. The Bertz CT molecular complexity index is 412. The second-order valence-electron chi connectivity index (χ2n) is 4.30. The topological polar surface area (TPSA) is 55.1 Å². The molecule has 0 heterocycles. The number of benzene rings is 1. The monoisotopic (exact) mass is 272 g/mol. The van der Waals surface area contributed by atoms with Crippen molar-refractivity contribution in [2.75, 3.05) is 6.54 Å². The third-order valence-electron chi connectivity index (χ3n) is 2.74. The molecule has 0 radical (unpaired) electrons. The van der Waals surface area contributed by atoms with Gasteiger partial charge in [0.1, 0.15) is 5.82 Å². The molecule has 1 unspecified atom stereocenters. The second-order valence-corrected chi connectivity index (χ2v) is 4.71. The Labute approximate surface area is 112 Å². The lowest BCUT2D eigenvalue weighted by Gasteiger charge is -2.11. The average molecular weight is 273 g/mol. The van der Waals surface area contributed by atoms with Gasteiger partial charge in [0.15, 0.2) is 0 Å². The lowest BCUT2D eigenvalue weighted by molar-refractivity contribution is -0.124. The van der Waals surface area contributed by atoms with Gasteiger partial charge in [0.2, 0.25) is 5.91 Å². The minimum atomic E-state index is -0.456. The molecule has 0 aromatic heterocycles. The van der Waals surface area contributed by atoms with E-state index in [1.807, 2.05) is 6.92 Å². The van der Waals surface area contributed by atoms with Crippen LogP contribution in [0.15, 0.2) is 18.2 Å². The molecule has 0 aliphatic carbocycles. The molecule has 1 amide bonds. The predicted octanol–water partition coefficient (Wildman–Crippen LogP) is 2.47. The van der Waals surface area contributed by atoms with Crippen molar-refractivity contribution in [3.8, 4) is 0 Å². The Kier molecular flexibility index (Phi) is 6.09. The number of carbonyl (C=O) groups excluding carboxylic acids is 1. The molecule has 5 heteroatoms. The normalized spacial score (nSPS) is 12.2. The van der Waals surface area contributed by atoms with Gasteiger partial charge >= 0.3 is 0 Å². The highest BCUT2D eigenvalue weighted by Crippen LogP contribution is 2.16. The van der Waals surface area contributed by atoms with E-state index in [2.05, 4.69) is 5.32 Å². The van der Waals surface area contributed by atoms with E-state index in [9.17, 15) is 9.18 Å². The second kappa shape index (κ2) is 7.34. The highest BCUT2D eigenvalue weighted by molar-refractivity contribution is 6.30. The van der Waals surface area contributed by atoms with Gasteiger partial charge in [-0.15, -0.1) is 0 Å². The van der Waals surface area contributed by atoms with Gasteiger partial charge in [-0.05, 0) is 37.1 Å². The molecule has 0 saturated heterocycles. The standard InChI is InChI=1S/C13H18ClFN2O/c1-9(3-2-6-16)13(18)17-8-10-4-5-12(15)11(14)7-10/h4-5,7,9H,2-3,6,8,16H2,1H3,(H,17,18). The van der Waals surface area contributed by atoms with Crippen molar-refractivity contribution in [3.05, 3.63) is 34.6 Å². The smallest absolute Gasteiger partial charge is 0.223 e. The molecule has 1 rings (SSSR count). The van der Waals surface area contributed by atoms with Crippen LogP contribution < -0.4 is 11.1 Å². The van der Waals surface area contributed by atoms with Gasteiger partial charge < -0.3 is 11.1 Å². The lowest BCUT2D eigenvalue weighted by atomic mass is 10.0. The van der Waals surface area contributed by atoms with Crippen LogP contribution in [0.3, 0.4) is 0 Å². The van der Waals surface area contributed by atoms with Crippen LogP contribution in [-0.2, 0) is 11.3 Å². The van der Waals surface area contributed by atoms with E-state index < -0.39 is 5.82 Å². The summed E-state index contributed by atoms with van der Waals surface area (Å²) in [6.07, 6.45) is 1.60. The molecule has 0 spiro atoms. The average Bonchev–Trinajstić information content (AvgIpc) is 2.36. The summed E-state index contributed by atoms with van der Waals surface area (Å²) in [5, 5.41) is 2.86. The molecule has 1 aromatic rings. The number of rotatable bonds is 6. The zero-order valence-corrected chi connectivity index (χ0v) is 11.1. The van der Waals surface area contributed by atoms with E-state index in [-0.39, 0.29) is 16.8 Å². The number of nitrogens with two attached hydrogens (primary N) is 1. The Morgan fingerprint density at radius 1 is 1.56 bits per heavy atom. The number of amides is 1. The Balaban J connectivity index is 2.44. The van der Waals surface area contributed by atoms with Crippen molar-refractivity contribution < 1.29 is 9.18 Å². The van der Waals surface area contributed by atoms with Crippen molar-refractivity contribution in [1.82, 2.24) is 5.32 Å². The molecule has 1 atom stereocenters. The number of carbonyl (C=O) groups is 1. The minimum Gasteiger partial charge on any atom is -0.352 e. The molecular weight excluding hydrogens is 255 g/mol. The third kappa shape index (κ3) is 4.63. The van der Waals surface area contributed by atoms with E-state index >= 15 is 0 Å². The minimum absolute atomic E-state index is 0.0242. The number of hydrogen-bond donors (Lipinski definition) is 2. The van der Waals surface area contributed by atoms with E-state index in [1.54, 1.807) is 6.07 Å². The van der Waals surface area contributed by atoms with Crippen LogP contribution in [-0.4, -0.2) is 12.5 Å². The first-order valence-electron chi connectivity index (χ1n) is 5.96. The molecule has 3 nitrogen and oxygen atoms in total. The van der Waals surface area contributed by atoms with Crippen molar-refractivity contribution >= 4 is 17.5 Å². The molecular formula is C13H18ClFN2O. The summed E-state index contributed by atoms with van der Waals surface area (Å²) >= 11 is 5.66. The Hall–Kier alpha value is -1.13. The van der Waals surface area contributed by atoms with Crippen LogP contribution in [0.1, 0.15) is 25.3 Å². The summed E-state index contributed by atoms with van der Waals surface area (Å²) in [5.41, 5.74) is 6.17. The van der Waals surface area contributed by atoms with Gasteiger partial charge in [-0.3, -0.25) is 4.79 Å². The lowest BCUT2D eigenvalue weighted by Crippen LogP contribution is -2.29. The molecule has 0 aliphatic heterocycles. The Morgan fingerprint density at radius 2 is 2.28 bits per heavy atom. The van der Waals surface area contributed by atoms with E-state index in [0.717, 1.165) is 18.4 Å². The molecule has 0 fully saturated rings. The molecule has 18 heavy (non-hydrogen) atoms. The van der Waals surface area contributed by atoms with Gasteiger partial charge in [-0.25, -0.2) is 4.39 Å². The first-order valence-corrected chi connectivity index (χ1v) is 6.34. The summed E-state index contributed by atoms with van der Waals surface area (Å²) in [4.78, 5) is 11.7. The van der Waals surface area contributed by atoms with Crippen LogP contribution in [0.25, 0.3) is 0 Å². The number of halogens is 2. The van der Waals surface area contributed by atoms with Crippen molar-refractivity contribution in [1.29, 1.82) is 0 Å². The van der Waals surface area contributed by atoms with Crippen LogP contribution in [0.4, 0.5) is 4.39 Å². The molecule has 0 bridgehead atoms. The van der Waals surface area contributed by atoms with Crippen LogP contribution in [0.5, 0.6) is 0 Å². The van der Waals surface area contributed by atoms with Crippen molar-refractivity contribution in [3.63, 3.8) is 0 Å². The number of nitrogens with one attached hydrogen (secondary N) is 1. The zero-order valence-electron chi connectivity index (χ0n) is 10.4. The first kappa shape index (κ1) is 14.9. The van der Waals surface area contributed by atoms with Gasteiger partial charge in [-0.2, -0.15) is 0 Å². The summed E-state index contributed by atoms with van der Waals surface area (Å²) in [6, 6.07) is 4.41. The maximum Gasteiger partial charge on any atom is 0.223 e. The van der Waals surface area contributed by atoms with E-state index in [1.165, 1.54) is 12.1 Å². The number of hydrogen-bond acceptors (Lipinski definition) is 2. The molecule has 1 aromatic carbocycles. The molecule has 100 valence electrons. The van der Waals surface area contributed by atoms with Gasteiger partial charge in [0, 0.05) is 12.5 Å². The highest BCUT2D eigenvalue weighted by atomic mass is 35.5. The fourth-order valence-electron chi connectivity index (χ4n) is 1.57. The summed E-state index contributed by atoms with van der Waals surface area (Å²) in [6.45, 7) is 2.81. The van der Waals surface area contributed by atoms with Gasteiger partial charge in [-0.1, -0.05) is 24.6 Å². The van der Waals surface area contributed by atoms with E-state index in [0.29, 0.717) is 13.1 Å². The van der Waals surface area contributed by atoms with Gasteiger partial charge in [0.05, 0.1) is 5.02 Å². The van der Waals surface area contributed by atoms with E-state index in [4.69, 9.17) is 17.3 Å². The summed E-state index contributed by atoms with van der Waals surface area (Å²) in [7, 11) is 0. The van der Waals surface area contributed by atoms with Gasteiger partial charge in [0.25, 0.3) is 0 Å². The van der Waals surface area contributed by atoms with Crippen molar-refractivity contribution in [2.24, 2.45) is 11.7 Å². The molecule has 0 aliphatic rings. The fraction of sp³-hybridized carbons (Fsp3) is 0.462. The maximum atomic E-state index is 12.9. The zero-order chi connectivity index (χ0) is 13.5. The third-order valence-corrected chi connectivity index (χ3v) is 3.03. The van der Waals surface area contributed by atoms with Crippen LogP contribution >= 0.6 is 11.6 Å². The highest BCUT2D eigenvalue weighted by Gasteiger charge is 2.11.